The van der Waals surface area contributed by atoms with Gasteiger partial charge in [0.05, 0.1) is 29.2 Å². The second kappa shape index (κ2) is 4.87. The molecule has 6 heteroatoms. The number of imidazole rings is 1. The first-order valence-electron chi connectivity index (χ1n) is 7.45. The summed E-state index contributed by atoms with van der Waals surface area (Å²) in [5.41, 5.74) is 3.73. The number of hydrogen-bond acceptors (Lipinski definition) is 3. The predicted octanol–water partition coefficient (Wildman–Crippen LogP) is 2.71. The van der Waals surface area contributed by atoms with Crippen LogP contribution in [0.25, 0.3) is 5.82 Å². The molecule has 0 unspecified atom stereocenters. The lowest BCUT2D eigenvalue weighted by molar-refractivity contribution is 0.625. The van der Waals surface area contributed by atoms with E-state index in [2.05, 4.69) is 15.1 Å². The molecule has 0 atom stereocenters. The van der Waals surface area contributed by atoms with Crippen molar-refractivity contribution in [3.05, 3.63) is 64.6 Å². The summed E-state index contributed by atoms with van der Waals surface area (Å²) in [6, 6.07) is 6.71. The number of aryl methyl sites for hydroxylation is 3. The van der Waals surface area contributed by atoms with Crippen LogP contribution < -0.4 is 0 Å². The summed E-state index contributed by atoms with van der Waals surface area (Å²) >= 11 is 0. The van der Waals surface area contributed by atoms with Gasteiger partial charge in [-0.25, -0.2) is 9.37 Å². The summed E-state index contributed by atoms with van der Waals surface area (Å²) < 4.78 is 18.1. The van der Waals surface area contributed by atoms with Crippen LogP contribution in [0.2, 0.25) is 0 Å². The van der Waals surface area contributed by atoms with E-state index < -0.39 is 0 Å². The van der Waals surface area contributed by atoms with Gasteiger partial charge >= 0.3 is 0 Å². The van der Waals surface area contributed by atoms with Crippen molar-refractivity contribution in [1.29, 1.82) is 0 Å². The molecule has 0 radical (unpaired) electrons. The standard InChI is InChI=1S/C17H16FN5/c1-10-9-23-14(20-10)8-19-16(12-6-4-5-7-13(12)18)15-11(2)21-22(3)17(15)23/h4-7,9H,8H2,1-3H3. The highest BCUT2D eigenvalue weighted by Gasteiger charge is 2.27. The number of hydrogen-bond donors (Lipinski definition) is 0. The molecule has 116 valence electrons. The van der Waals surface area contributed by atoms with E-state index >= 15 is 0 Å². The first-order valence-corrected chi connectivity index (χ1v) is 7.45. The molecule has 4 rings (SSSR count). The largest absolute Gasteiger partial charge is 0.286 e. The van der Waals surface area contributed by atoms with Crippen molar-refractivity contribution in [2.45, 2.75) is 20.4 Å². The molecule has 5 nitrogen and oxygen atoms in total. The normalized spacial score (nSPS) is 13.3. The maximum absolute atomic E-state index is 14.3. The quantitative estimate of drug-likeness (QED) is 0.694. The van der Waals surface area contributed by atoms with Gasteiger partial charge in [-0.2, -0.15) is 5.10 Å². The third-order valence-electron chi connectivity index (χ3n) is 4.06. The zero-order valence-corrected chi connectivity index (χ0v) is 13.2. The molecular formula is C17H16FN5. The molecule has 1 aliphatic rings. The molecule has 2 aromatic heterocycles. The highest BCUT2D eigenvalue weighted by molar-refractivity contribution is 6.15. The molecule has 3 aromatic rings. The van der Waals surface area contributed by atoms with E-state index in [1.54, 1.807) is 16.8 Å². The fourth-order valence-corrected chi connectivity index (χ4v) is 3.14. The number of aliphatic imine (C=N–C) groups is 1. The third kappa shape index (κ3) is 2.02. The van der Waals surface area contributed by atoms with E-state index in [0.29, 0.717) is 17.8 Å². The second-order valence-corrected chi connectivity index (χ2v) is 5.72. The van der Waals surface area contributed by atoms with Crippen LogP contribution >= 0.6 is 0 Å². The SMILES string of the molecule is Cc1cn2c(n1)CN=C(c1ccccc1F)c1c(C)nn(C)c1-2. The van der Waals surface area contributed by atoms with Gasteiger partial charge in [-0.1, -0.05) is 12.1 Å². The van der Waals surface area contributed by atoms with Gasteiger partial charge in [0.2, 0.25) is 0 Å². The van der Waals surface area contributed by atoms with Crippen LogP contribution in [0.5, 0.6) is 0 Å². The number of fused-ring (bicyclic) bond motifs is 3. The molecule has 0 fully saturated rings. The van der Waals surface area contributed by atoms with Crippen molar-refractivity contribution in [2.24, 2.45) is 12.0 Å². The topological polar surface area (TPSA) is 48.0 Å². The monoisotopic (exact) mass is 309 g/mol. The maximum atomic E-state index is 14.3. The molecule has 0 amide bonds. The second-order valence-electron chi connectivity index (χ2n) is 5.72. The smallest absolute Gasteiger partial charge is 0.146 e. The van der Waals surface area contributed by atoms with Crippen molar-refractivity contribution in [3.8, 4) is 5.82 Å². The third-order valence-corrected chi connectivity index (χ3v) is 4.06. The first-order chi connectivity index (χ1) is 11.1. The Hall–Kier alpha value is -2.76. The van der Waals surface area contributed by atoms with Gasteiger partial charge in [0.1, 0.15) is 17.5 Å². The molecule has 1 aromatic carbocycles. The van der Waals surface area contributed by atoms with Crippen LogP contribution in [0.15, 0.2) is 35.5 Å². The Kier molecular flexibility index (Phi) is 2.94. The molecule has 0 spiro atoms. The Labute approximate surface area is 133 Å². The van der Waals surface area contributed by atoms with Gasteiger partial charge in [0.25, 0.3) is 0 Å². The van der Waals surface area contributed by atoms with Gasteiger partial charge in [-0.3, -0.25) is 14.2 Å². The van der Waals surface area contributed by atoms with Crippen molar-refractivity contribution in [2.75, 3.05) is 0 Å². The average Bonchev–Trinajstić information content (AvgIpc) is 2.95. The highest BCUT2D eigenvalue weighted by atomic mass is 19.1. The van der Waals surface area contributed by atoms with E-state index in [4.69, 9.17) is 0 Å². The van der Waals surface area contributed by atoms with Crippen LogP contribution in [0.4, 0.5) is 4.39 Å². The zero-order valence-electron chi connectivity index (χ0n) is 13.2. The minimum absolute atomic E-state index is 0.281. The van der Waals surface area contributed by atoms with Gasteiger partial charge in [0.15, 0.2) is 0 Å². The Morgan fingerprint density at radius 2 is 1.96 bits per heavy atom. The first kappa shape index (κ1) is 13.9. The number of nitrogens with zero attached hydrogens (tertiary/aromatic N) is 5. The lowest BCUT2D eigenvalue weighted by atomic mass is 10.0. The summed E-state index contributed by atoms with van der Waals surface area (Å²) in [5, 5.41) is 4.51. The van der Waals surface area contributed by atoms with Crippen LogP contribution in [-0.4, -0.2) is 25.0 Å². The molecule has 1 aliphatic heterocycles. The highest BCUT2D eigenvalue weighted by Crippen LogP contribution is 2.28. The average molecular weight is 309 g/mol. The van der Waals surface area contributed by atoms with Crippen LogP contribution in [-0.2, 0) is 13.6 Å². The van der Waals surface area contributed by atoms with E-state index in [-0.39, 0.29) is 5.82 Å². The zero-order chi connectivity index (χ0) is 16.1. The van der Waals surface area contributed by atoms with Crippen molar-refractivity contribution < 1.29 is 4.39 Å². The number of benzene rings is 1. The molecular weight excluding hydrogens is 293 g/mol. The van der Waals surface area contributed by atoms with E-state index in [1.165, 1.54) is 6.07 Å². The summed E-state index contributed by atoms with van der Waals surface area (Å²) in [4.78, 5) is 9.20. The summed E-state index contributed by atoms with van der Waals surface area (Å²) in [7, 11) is 1.88. The molecule has 0 N–H and O–H groups in total. The summed E-state index contributed by atoms with van der Waals surface area (Å²) in [6.07, 6.45) is 1.97. The van der Waals surface area contributed by atoms with Crippen LogP contribution in [0.1, 0.15) is 28.3 Å². The van der Waals surface area contributed by atoms with Crippen LogP contribution in [0.3, 0.4) is 0 Å². The molecule has 0 bridgehead atoms. The van der Waals surface area contributed by atoms with Gasteiger partial charge in [-0.05, 0) is 26.0 Å². The van der Waals surface area contributed by atoms with E-state index in [9.17, 15) is 4.39 Å². The minimum Gasteiger partial charge on any atom is -0.286 e. The Morgan fingerprint density at radius 3 is 2.74 bits per heavy atom. The maximum Gasteiger partial charge on any atom is 0.146 e. The Morgan fingerprint density at radius 1 is 1.17 bits per heavy atom. The van der Waals surface area contributed by atoms with Crippen LogP contribution in [0, 0.1) is 19.7 Å². The molecule has 0 saturated carbocycles. The van der Waals surface area contributed by atoms with Crippen molar-refractivity contribution >= 4 is 5.71 Å². The molecule has 3 heterocycles. The minimum atomic E-state index is -0.281. The van der Waals surface area contributed by atoms with Gasteiger partial charge in [-0.15, -0.1) is 0 Å². The summed E-state index contributed by atoms with van der Waals surface area (Å²) in [6.45, 7) is 4.28. The fourth-order valence-electron chi connectivity index (χ4n) is 3.14. The fraction of sp³-hybridized carbons (Fsp3) is 0.235. The van der Waals surface area contributed by atoms with Gasteiger partial charge in [0, 0.05) is 18.8 Å². The lowest BCUT2D eigenvalue weighted by Crippen LogP contribution is -2.10. The van der Waals surface area contributed by atoms with Crippen molar-refractivity contribution in [1.82, 2.24) is 19.3 Å². The van der Waals surface area contributed by atoms with E-state index in [0.717, 1.165) is 28.6 Å². The Bertz CT molecular complexity index is 948. The number of halogens is 1. The lowest BCUT2D eigenvalue weighted by Gasteiger charge is -2.09. The number of rotatable bonds is 1. The summed E-state index contributed by atoms with van der Waals surface area (Å²) in [5.74, 6) is 1.42. The van der Waals surface area contributed by atoms with Gasteiger partial charge < -0.3 is 0 Å². The molecule has 0 saturated heterocycles. The number of aromatic nitrogens is 4. The molecule has 0 aliphatic carbocycles. The van der Waals surface area contributed by atoms with E-state index in [1.807, 2.05) is 37.7 Å². The Balaban J connectivity index is 2.04. The predicted molar refractivity (Wildman–Crippen MR) is 85.5 cm³/mol. The molecule has 23 heavy (non-hydrogen) atoms. The van der Waals surface area contributed by atoms with Crippen molar-refractivity contribution in [3.63, 3.8) is 0 Å².